The molecule has 0 saturated heterocycles. The van der Waals surface area contributed by atoms with E-state index in [1.54, 1.807) is 6.20 Å². The molecule has 0 unspecified atom stereocenters. The van der Waals surface area contributed by atoms with Gasteiger partial charge in [-0.25, -0.2) is 4.98 Å². The molecule has 0 saturated carbocycles. The van der Waals surface area contributed by atoms with Crippen LogP contribution in [0.25, 0.3) is 0 Å². The molecule has 0 aliphatic carbocycles. The first-order chi connectivity index (χ1) is 12.7. The van der Waals surface area contributed by atoms with Crippen LogP contribution in [0.4, 0.5) is 17.5 Å². The van der Waals surface area contributed by atoms with Crippen LogP contribution in [-0.2, 0) is 17.8 Å². The molecule has 26 heavy (non-hydrogen) atoms. The Labute approximate surface area is 152 Å². The Bertz CT molecular complexity index is 921. The van der Waals surface area contributed by atoms with Gasteiger partial charge < -0.3 is 20.3 Å². The fraction of sp³-hybridized carbons (Fsp3) is 0.158. The summed E-state index contributed by atoms with van der Waals surface area (Å²) in [5, 5.41) is 16.3. The van der Waals surface area contributed by atoms with Crippen LogP contribution in [0.2, 0.25) is 0 Å². The fourth-order valence-electron chi connectivity index (χ4n) is 2.90. The number of fused-ring (bicyclic) bond motifs is 1. The third-order valence-corrected chi connectivity index (χ3v) is 4.34. The summed E-state index contributed by atoms with van der Waals surface area (Å²) in [4.78, 5) is 8.93. The van der Waals surface area contributed by atoms with E-state index in [0.29, 0.717) is 19.1 Å². The Hall–Kier alpha value is -2.90. The van der Waals surface area contributed by atoms with Crippen LogP contribution in [0.3, 0.4) is 0 Å². The third kappa shape index (κ3) is 3.54. The molecule has 3 N–H and O–H groups in total. The van der Waals surface area contributed by atoms with Crippen LogP contribution >= 0.6 is 0 Å². The number of nitrogens with one attached hydrogen (secondary N) is 2. The minimum absolute atomic E-state index is 0.407. The van der Waals surface area contributed by atoms with E-state index >= 15 is 0 Å². The summed E-state index contributed by atoms with van der Waals surface area (Å²) in [5.74, 6) is 1.32. The molecule has 0 fully saturated rings. The summed E-state index contributed by atoms with van der Waals surface area (Å²) in [5.41, 5.74) is 4.82. The molecule has 2 aromatic carbocycles. The molecule has 0 bridgehead atoms. The maximum absolute atomic E-state index is 9.71. The average Bonchev–Trinajstić information content (AvgIpc) is 3.03. The minimum Gasteiger partial charge on any atom is -0.423 e. The van der Waals surface area contributed by atoms with Crippen LogP contribution in [-0.4, -0.2) is 22.1 Å². The molecule has 1 aliphatic rings. The van der Waals surface area contributed by atoms with Crippen molar-refractivity contribution in [2.75, 3.05) is 10.6 Å². The number of aromatic nitrogens is 2. The van der Waals surface area contributed by atoms with Crippen LogP contribution < -0.4 is 16.1 Å². The number of hydrogen-bond acceptors (Lipinski definition) is 6. The standard InChI is InChI=1S/C19H19BN4O2/c1-13-10-22-19(24-18(13)21-11-14-5-3-2-4-6-14)23-16-7-8-17-15(9-16)12-26-20(17)25/h2-10,25H,11-12H2,1H3,(H2,21,22,23,24). The lowest BCUT2D eigenvalue weighted by molar-refractivity contribution is 0.275. The predicted octanol–water partition coefficient (Wildman–Crippen LogP) is 2.36. The number of rotatable bonds is 5. The van der Waals surface area contributed by atoms with Gasteiger partial charge in [-0.2, -0.15) is 4.98 Å². The molecule has 6 nitrogen and oxygen atoms in total. The van der Waals surface area contributed by atoms with Crippen molar-refractivity contribution in [1.29, 1.82) is 0 Å². The highest BCUT2D eigenvalue weighted by Gasteiger charge is 2.27. The van der Waals surface area contributed by atoms with Crippen molar-refractivity contribution in [1.82, 2.24) is 9.97 Å². The van der Waals surface area contributed by atoms with E-state index in [9.17, 15) is 5.02 Å². The lowest BCUT2D eigenvalue weighted by Crippen LogP contribution is -2.27. The van der Waals surface area contributed by atoms with Crippen LogP contribution in [0.1, 0.15) is 16.7 Å². The monoisotopic (exact) mass is 346 g/mol. The number of hydrogen-bond donors (Lipinski definition) is 3. The molecule has 1 aromatic heterocycles. The first-order valence-electron chi connectivity index (χ1n) is 8.50. The number of benzene rings is 2. The first-order valence-corrected chi connectivity index (χ1v) is 8.50. The highest BCUT2D eigenvalue weighted by molar-refractivity contribution is 6.61. The molecule has 0 spiro atoms. The Kier molecular flexibility index (Phi) is 4.56. The van der Waals surface area contributed by atoms with E-state index < -0.39 is 7.12 Å². The zero-order valence-corrected chi connectivity index (χ0v) is 14.4. The van der Waals surface area contributed by atoms with Crippen molar-refractivity contribution >= 4 is 30.0 Å². The van der Waals surface area contributed by atoms with E-state index in [0.717, 1.165) is 28.1 Å². The Balaban J connectivity index is 1.49. The van der Waals surface area contributed by atoms with Crippen molar-refractivity contribution < 1.29 is 9.68 Å². The van der Waals surface area contributed by atoms with Crippen molar-refractivity contribution in [3.63, 3.8) is 0 Å². The average molecular weight is 346 g/mol. The molecular weight excluding hydrogens is 327 g/mol. The Morgan fingerprint density at radius 1 is 1.19 bits per heavy atom. The van der Waals surface area contributed by atoms with Gasteiger partial charge in [-0.05, 0) is 35.6 Å². The van der Waals surface area contributed by atoms with Crippen molar-refractivity contribution in [2.45, 2.75) is 20.1 Å². The molecule has 1 aliphatic heterocycles. The molecular formula is C19H19BN4O2. The molecule has 130 valence electrons. The van der Waals surface area contributed by atoms with Crippen molar-refractivity contribution in [3.05, 3.63) is 71.4 Å². The van der Waals surface area contributed by atoms with Gasteiger partial charge in [0.15, 0.2) is 0 Å². The van der Waals surface area contributed by atoms with E-state index in [1.807, 2.05) is 43.3 Å². The summed E-state index contributed by atoms with van der Waals surface area (Å²) in [7, 11) is -0.830. The summed E-state index contributed by atoms with van der Waals surface area (Å²) >= 11 is 0. The van der Waals surface area contributed by atoms with Gasteiger partial charge in [0, 0.05) is 24.0 Å². The molecule has 0 amide bonds. The normalized spacial score (nSPS) is 12.8. The molecule has 2 heterocycles. The van der Waals surface area contributed by atoms with Crippen molar-refractivity contribution in [3.8, 4) is 0 Å². The molecule has 3 aromatic rings. The third-order valence-electron chi connectivity index (χ3n) is 4.34. The van der Waals surface area contributed by atoms with Gasteiger partial charge in [0.05, 0.1) is 6.61 Å². The smallest absolute Gasteiger partial charge is 0.423 e. The van der Waals surface area contributed by atoms with Gasteiger partial charge in [-0.3, -0.25) is 0 Å². The first kappa shape index (κ1) is 16.6. The lowest BCUT2D eigenvalue weighted by Gasteiger charge is -2.11. The Morgan fingerprint density at radius 3 is 2.88 bits per heavy atom. The number of anilines is 3. The summed E-state index contributed by atoms with van der Waals surface area (Å²) in [6.45, 7) is 3.09. The highest BCUT2D eigenvalue weighted by Crippen LogP contribution is 2.20. The van der Waals surface area contributed by atoms with E-state index in [4.69, 9.17) is 4.65 Å². The van der Waals surface area contributed by atoms with Gasteiger partial charge in [0.2, 0.25) is 5.95 Å². The number of nitrogens with zero attached hydrogens (tertiary/aromatic N) is 2. The Morgan fingerprint density at radius 2 is 2.04 bits per heavy atom. The van der Waals surface area contributed by atoms with E-state index in [2.05, 4.69) is 32.7 Å². The molecule has 0 atom stereocenters. The van der Waals surface area contributed by atoms with Crippen LogP contribution in [0.15, 0.2) is 54.7 Å². The highest BCUT2D eigenvalue weighted by atomic mass is 16.5. The van der Waals surface area contributed by atoms with Gasteiger partial charge in [0.25, 0.3) is 0 Å². The number of aryl methyl sites for hydroxylation is 1. The van der Waals surface area contributed by atoms with Crippen LogP contribution in [0.5, 0.6) is 0 Å². The second-order valence-electron chi connectivity index (χ2n) is 6.27. The molecule has 4 rings (SSSR count). The second kappa shape index (κ2) is 7.15. The SMILES string of the molecule is Cc1cnc(Nc2ccc3c(c2)COB3O)nc1NCc1ccccc1. The van der Waals surface area contributed by atoms with Gasteiger partial charge in [-0.15, -0.1) is 0 Å². The molecule has 7 heteroatoms. The predicted molar refractivity (Wildman–Crippen MR) is 103 cm³/mol. The second-order valence-corrected chi connectivity index (χ2v) is 6.27. The van der Waals surface area contributed by atoms with Gasteiger partial charge in [0.1, 0.15) is 5.82 Å². The zero-order chi connectivity index (χ0) is 17.9. The molecule has 0 radical (unpaired) electrons. The quantitative estimate of drug-likeness (QED) is 0.616. The largest absolute Gasteiger partial charge is 0.491 e. The van der Waals surface area contributed by atoms with E-state index in [1.165, 1.54) is 5.56 Å². The van der Waals surface area contributed by atoms with Gasteiger partial charge in [-0.1, -0.05) is 36.4 Å². The summed E-state index contributed by atoms with van der Waals surface area (Å²) in [6, 6.07) is 15.9. The van der Waals surface area contributed by atoms with E-state index in [-0.39, 0.29) is 0 Å². The summed E-state index contributed by atoms with van der Waals surface area (Å²) in [6.07, 6.45) is 1.79. The zero-order valence-electron chi connectivity index (χ0n) is 14.4. The lowest BCUT2D eigenvalue weighted by atomic mass is 9.79. The summed E-state index contributed by atoms with van der Waals surface area (Å²) < 4.78 is 5.22. The van der Waals surface area contributed by atoms with Crippen molar-refractivity contribution in [2.24, 2.45) is 0 Å². The maximum atomic E-state index is 9.71. The van der Waals surface area contributed by atoms with Crippen LogP contribution in [0, 0.1) is 6.92 Å². The van der Waals surface area contributed by atoms with Gasteiger partial charge >= 0.3 is 7.12 Å². The maximum Gasteiger partial charge on any atom is 0.491 e. The topological polar surface area (TPSA) is 79.3 Å². The fourth-order valence-corrected chi connectivity index (χ4v) is 2.90. The minimum atomic E-state index is -0.830.